The van der Waals surface area contributed by atoms with Crippen LogP contribution in [0.4, 0.5) is 23.4 Å². The van der Waals surface area contributed by atoms with E-state index in [1.54, 1.807) is 12.1 Å². The fraction of sp³-hybridized carbons (Fsp3) is 0.105. The highest BCUT2D eigenvalue weighted by Gasteiger charge is 2.22. The second-order valence-corrected chi connectivity index (χ2v) is 6.51. The molecule has 10 heteroatoms. The summed E-state index contributed by atoms with van der Waals surface area (Å²) >= 11 is 5.79. The van der Waals surface area contributed by atoms with Gasteiger partial charge in [-0.3, -0.25) is 0 Å². The van der Waals surface area contributed by atoms with E-state index in [9.17, 15) is 17.6 Å². The van der Waals surface area contributed by atoms with E-state index < -0.39 is 24.6 Å². The SMILES string of the molecule is [C-]#[N+]c1cnc2ccc(-c3c(-c4cc(Cl)c(F)cc4F)ncn3CC(F)F)cn12. The molecule has 1 aromatic carbocycles. The number of aromatic nitrogens is 4. The zero-order valence-corrected chi connectivity index (χ0v) is 15.2. The van der Waals surface area contributed by atoms with Gasteiger partial charge in [-0.25, -0.2) is 31.9 Å². The maximum absolute atomic E-state index is 14.5. The number of halogens is 5. The van der Waals surface area contributed by atoms with E-state index in [4.69, 9.17) is 18.2 Å². The zero-order chi connectivity index (χ0) is 20.7. The van der Waals surface area contributed by atoms with Crippen LogP contribution in [0.5, 0.6) is 0 Å². The number of alkyl halides is 2. The van der Waals surface area contributed by atoms with Crippen LogP contribution in [-0.2, 0) is 6.54 Å². The third kappa shape index (κ3) is 3.32. The van der Waals surface area contributed by atoms with E-state index in [0.29, 0.717) is 17.3 Å². The molecular formula is C19H10ClF4N5. The molecule has 4 rings (SSSR count). The monoisotopic (exact) mass is 419 g/mol. The third-order valence-corrected chi connectivity index (χ3v) is 4.60. The lowest BCUT2D eigenvalue weighted by atomic mass is 10.1. The summed E-state index contributed by atoms with van der Waals surface area (Å²) in [5.74, 6) is -1.65. The van der Waals surface area contributed by atoms with E-state index in [2.05, 4.69) is 14.8 Å². The Kier molecular flexibility index (Phi) is 4.72. The van der Waals surface area contributed by atoms with Gasteiger partial charge < -0.3 is 9.41 Å². The summed E-state index contributed by atoms with van der Waals surface area (Å²) in [4.78, 5) is 11.5. The van der Waals surface area contributed by atoms with Crippen molar-refractivity contribution >= 4 is 23.1 Å². The molecule has 0 saturated carbocycles. The van der Waals surface area contributed by atoms with Crippen molar-refractivity contribution in [1.29, 1.82) is 0 Å². The predicted molar refractivity (Wildman–Crippen MR) is 99.0 cm³/mol. The van der Waals surface area contributed by atoms with Crippen molar-refractivity contribution in [2.24, 2.45) is 0 Å². The molecule has 0 N–H and O–H groups in total. The number of imidazole rings is 2. The molecule has 0 radical (unpaired) electrons. The van der Waals surface area contributed by atoms with Crippen molar-refractivity contribution < 1.29 is 17.6 Å². The topological polar surface area (TPSA) is 39.5 Å². The van der Waals surface area contributed by atoms with Crippen LogP contribution in [0, 0.1) is 18.2 Å². The normalized spacial score (nSPS) is 11.3. The third-order valence-electron chi connectivity index (χ3n) is 4.31. The zero-order valence-electron chi connectivity index (χ0n) is 14.5. The highest BCUT2D eigenvalue weighted by molar-refractivity contribution is 6.31. The molecule has 0 atom stereocenters. The Morgan fingerprint density at radius 3 is 2.66 bits per heavy atom. The molecule has 3 heterocycles. The van der Waals surface area contributed by atoms with E-state index >= 15 is 0 Å². The number of benzene rings is 1. The summed E-state index contributed by atoms with van der Waals surface area (Å²) in [5, 5.41) is -0.323. The van der Waals surface area contributed by atoms with E-state index in [0.717, 1.165) is 12.4 Å². The van der Waals surface area contributed by atoms with Crippen molar-refractivity contribution in [2.45, 2.75) is 13.0 Å². The fourth-order valence-corrected chi connectivity index (χ4v) is 3.23. The summed E-state index contributed by atoms with van der Waals surface area (Å²) in [7, 11) is 0. The average molecular weight is 420 g/mol. The van der Waals surface area contributed by atoms with Gasteiger partial charge in [-0.15, -0.1) is 0 Å². The van der Waals surface area contributed by atoms with Gasteiger partial charge in [-0.05, 0) is 12.1 Å². The fourth-order valence-electron chi connectivity index (χ4n) is 3.06. The highest BCUT2D eigenvalue weighted by atomic mass is 35.5. The second-order valence-electron chi connectivity index (χ2n) is 6.11. The first-order valence-corrected chi connectivity index (χ1v) is 8.60. The molecule has 0 aliphatic heterocycles. The summed E-state index contributed by atoms with van der Waals surface area (Å²) in [5.41, 5.74) is 0.952. The van der Waals surface area contributed by atoms with Gasteiger partial charge in [0.1, 0.15) is 11.6 Å². The molecule has 0 unspecified atom stereocenters. The lowest BCUT2D eigenvalue weighted by molar-refractivity contribution is 0.127. The van der Waals surface area contributed by atoms with Crippen LogP contribution in [0.1, 0.15) is 0 Å². The van der Waals surface area contributed by atoms with Gasteiger partial charge in [0.05, 0.1) is 41.7 Å². The molecule has 0 spiro atoms. The smallest absolute Gasteiger partial charge is 0.256 e. The number of hydrogen-bond donors (Lipinski definition) is 0. The van der Waals surface area contributed by atoms with Crippen LogP contribution in [0.15, 0.2) is 43.0 Å². The number of rotatable bonds is 4. The number of fused-ring (bicyclic) bond motifs is 1. The van der Waals surface area contributed by atoms with Crippen LogP contribution in [-0.4, -0.2) is 25.4 Å². The first-order valence-electron chi connectivity index (χ1n) is 8.22. The van der Waals surface area contributed by atoms with Crippen molar-refractivity contribution in [3.05, 3.63) is 71.1 Å². The second kappa shape index (κ2) is 7.22. The lowest BCUT2D eigenvalue weighted by Crippen LogP contribution is -2.07. The Morgan fingerprint density at radius 1 is 1.14 bits per heavy atom. The van der Waals surface area contributed by atoms with Gasteiger partial charge in [0, 0.05) is 23.3 Å². The van der Waals surface area contributed by atoms with Crippen molar-refractivity contribution in [3.8, 4) is 22.5 Å². The maximum Gasteiger partial charge on any atom is 0.256 e. The molecule has 0 fully saturated rings. The van der Waals surface area contributed by atoms with E-state index in [1.165, 1.54) is 21.4 Å². The largest absolute Gasteiger partial charge is 0.362 e. The van der Waals surface area contributed by atoms with Crippen molar-refractivity contribution in [1.82, 2.24) is 18.9 Å². The first-order chi connectivity index (χ1) is 13.9. The summed E-state index contributed by atoms with van der Waals surface area (Å²) in [6.45, 7) is 6.53. The average Bonchev–Trinajstić information content (AvgIpc) is 3.27. The lowest BCUT2D eigenvalue weighted by Gasteiger charge is -2.11. The van der Waals surface area contributed by atoms with Gasteiger partial charge in [-0.1, -0.05) is 18.2 Å². The molecule has 4 aromatic rings. The first kappa shape index (κ1) is 19.0. The van der Waals surface area contributed by atoms with Crippen LogP contribution in [0.2, 0.25) is 5.02 Å². The maximum atomic E-state index is 14.5. The van der Waals surface area contributed by atoms with Gasteiger partial charge in [-0.2, -0.15) is 0 Å². The van der Waals surface area contributed by atoms with E-state index in [-0.39, 0.29) is 27.8 Å². The minimum atomic E-state index is -2.69. The number of hydrogen-bond acceptors (Lipinski definition) is 2. The Morgan fingerprint density at radius 2 is 1.93 bits per heavy atom. The Labute approximate surface area is 166 Å². The number of pyridine rings is 1. The van der Waals surface area contributed by atoms with Crippen molar-refractivity contribution in [3.63, 3.8) is 0 Å². The summed E-state index contributed by atoms with van der Waals surface area (Å²) in [6, 6.07) is 4.87. The molecule has 3 aromatic heterocycles. The van der Waals surface area contributed by atoms with Crippen molar-refractivity contribution in [2.75, 3.05) is 0 Å². The van der Waals surface area contributed by atoms with Crippen LogP contribution < -0.4 is 0 Å². The molecule has 29 heavy (non-hydrogen) atoms. The van der Waals surface area contributed by atoms with Gasteiger partial charge in [0.25, 0.3) is 12.2 Å². The predicted octanol–water partition coefficient (Wildman–Crippen LogP) is 5.61. The molecule has 0 bridgehead atoms. The highest BCUT2D eigenvalue weighted by Crippen LogP contribution is 2.35. The summed E-state index contributed by atoms with van der Waals surface area (Å²) in [6.07, 6.45) is 1.37. The molecule has 0 saturated heterocycles. The van der Waals surface area contributed by atoms with Gasteiger partial charge in [0.15, 0.2) is 0 Å². The van der Waals surface area contributed by atoms with Crippen LogP contribution in [0.25, 0.3) is 33.0 Å². The van der Waals surface area contributed by atoms with E-state index in [1.807, 2.05) is 0 Å². The van der Waals surface area contributed by atoms with Crippen LogP contribution >= 0.6 is 11.6 Å². The van der Waals surface area contributed by atoms with Crippen LogP contribution in [0.3, 0.4) is 0 Å². The molecular weight excluding hydrogens is 410 g/mol. The minimum Gasteiger partial charge on any atom is -0.362 e. The molecule has 0 aliphatic rings. The Hall–Kier alpha value is -3.38. The Balaban J connectivity index is 1.98. The van der Waals surface area contributed by atoms with Gasteiger partial charge in [0.2, 0.25) is 5.65 Å². The quantitative estimate of drug-likeness (QED) is 0.245. The standard InChI is InChI=1S/C19H10ClF4N5/c1-25-17-6-26-16-3-2-10(7-29(16)17)19-18(27-9-28(19)8-15(23)24)11-4-12(20)14(22)5-13(11)21/h2-7,9,15H,8H2. The molecule has 5 nitrogen and oxygen atoms in total. The molecule has 146 valence electrons. The minimum absolute atomic E-state index is 0.0221. The Bertz CT molecular complexity index is 1270. The summed E-state index contributed by atoms with van der Waals surface area (Å²) < 4.78 is 56.9. The molecule has 0 amide bonds. The number of nitrogens with zero attached hydrogens (tertiary/aromatic N) is 5. The molecule has 0 aliphatic carbocycles. The van der Waals surface area contributed by atoms with Gasteiger partial charge >= 0.3 is 0 Å².